The number of aromatic amines is 1. The van der Waals surface area contributed by atoms with Crippen LogP contribution >= 0.6 is 0 Å². The lowest BCUT2D eigenvalue weighted by Gasteiger charge is -2.16. The van der Waals surface area contributed by atoms with Gasteiger partial charge in [0, 0.05) is 13.2 Å². The topological polar surface area (TPSA) is 96.3 Å². The third kappa shape index (κ3) is 2.55. The normalized spacial score (nSPS) is 16.0. The molecule has 5 rings (SSSR count). The van der Waals surface area contributed by atoms with Gasteiger partial charge in [-0.15, -0.1) is 5.10 Å². The standard InChI is InChI=1S/C18H18N8/c1-26-10-15(24-25-26)21-18-22-16-13(8-9-19-16)17(23-18)20-14-7-6-11-4-2-3-5-12(11)14/h2-5,8-10,14H,6-7H2,1H3,(H3,19,20,21,22,23)/t14-/m0/s1. The molecule has 4 aromatic rings. The number of hydrogen-bond donors (Lipinski definition) is 3. The molecule has 1 atom stereocenters. The van der Waals surface area contributed by atoms with E-state index in [1.54, 1.807) is 10.9 Å². The average molecular weight is 346 g/mol. The van der Waals surface area contributed by atoms with Crippen LogP contribution in [0.5, 0.6) is 0 Å². The van der Waals surface area contributed by atoms with E-state index in [0.717, 1.165) is 29.7 Å². The van der Waals surface area contributed by atoms with Crippen LogP contribution < -0.4 is 10.6 Å². The van der Waals surface area contributed by atoms with Gasteiger partial charge in [0.25, 0.3) is 0 Å². The summed E-state index contributed by atoms with van der Waals surface area (Å²) in [6.07, 6.45) is 5.80. The highest BCUT2D eigenvalue weighted by Crippen LogP contribution is 2.35. The summed E-state index contributed by atoms with van der Waals surface area (Å²) in [5.41, 5.74) is 3.53. The van der Waals surface area contributed by atoms with Crippen LogP contribution in [0.4, 0.5) is 17.6 Å². The minimum absolute atomic E-state index is 0.253. The highest BCUT2D eigenvalue weighted by atomic mass is 15.4. The van der Waals surface area contributed by atoms with Crippen LogP contribution in [0.2, 0.25) is 0 Å². The number of fused-ring (bicyclic) bond motifs is 2. The van der Waals surface area contributed by atoms with Crippen molar-refractivity contribution < 1.29 is 0 Å². The highest BCUT2D eigenvalue weighted by molar-refractivity contribution is 5.88. The zero-order valence-corrected chi connectivity index (χ0v) is 14.3. The van der Waals surface area contributed by atoms with Crippen molar-refractivity contribution in [2.75, 3.05) is 10.6 Å². The van der Waals surface area contributed by atoms with E-state index in [1.807, 2.05) is 19.3 Å². The lowest BCUT2D eigenvalue weighted by Crippen LogP contribution is -2.10. The molecule has 3 heterocycles. The molecule has 8 heteroatoms. The predicted octanol–water partition coefficient (Wildman–Crippen LogP) is 2.93. The minimum Gasteiger partial charge on any atom is -0.363 e. The molecule has 0 saturated heterocycles. The Morgan fingerprint density at radius 1 is 1.19 bits per heavy atom. The molecule has 130 valence electrons. The maximum absolute atomic E-state index is 4.68. The first-order valence-electron chi connectivity index (χ1n) is 8.59. The van der Waals surface area contributed by atoms with E-state index < -0.39 is 0 Å². The van der Waals surface area contributed by atoms with E-state index >= 15 is 0 Å². The van der Waals surface area contributed by atoms with Crippen LogP contribution in [0.25, 0.3) is 11.0 Å². The van der Waals surface area contributed by atoms with E-state index in [1.165, 1.54) is 11.1 Å². The second-order valence-electron chi connectivity index (χ2n) is 6.47. The number of aromatic nitrogens is 6. The van der Waals surface area contributed by atoms with Crippen LogP contribution in [0.3, 0.4) is 0 Å². The molecule has 8 nitrogen and oxygen atoms in total. The van der Waals surface area contributed by atoms with Crippen molar-refractivity contribution in [3.05, 3.63) is 53.9 Å². The molecule has 1 aliphatic rings. The Kier molecular flexibility index (Phi) is 3.34. The molecule has 3 N–H and O–H groups in total. The van der Waals surface area contributed by atoms with Crippen LogP contribution in [0, 0.1) is 0 Å². The molecular formula is C18H18N8. The van der Waals surface area contributed by atoms with Crippen molar-refractivity contribution in [1.82, 2.24) is 29.9 Å². The van der Waals surface area contributed by atoms with Gasteiger partial charge in [0.2, 0.25) is 5.95 Å². The lowest BCUT2D eigenvalue weighted by molar-refractivity contribution is 0.715. The fourth-order valence-corrected chi connectivity index (χ4v) is 3.50. The van der Waals surface area contributed by atoms with Crippen molar-refractivity contribution in [2.45, 2.75) is 18.9 Å². The zero-order valence-electron chi connectivity index (χ0n) is 14.3. The number of rotatable bonds is 4. The Morgan fingerprint density at radius 2 is 2.12 bits per heavy atom. The van der Waals surface area contributed by atoms with E-state index in [9.17, 15) is 0 Å². The Labute approximate surface area is 149 Å². The first-order chi connectivity index (χ1) is 12.8. The Hall–Kier alpha value is -3.42. The molecule has 0 amide bonds. The van der Waals surface area contributed by atoms with Gasteiger partial charge < -0.3 is 15.6 Å². The van der Waals surface area contributed by atoms with Crippen LogP contribution in [-0.4, -0.2) is 29.9 Å². The Bertz CT molecular complexity index is 1080. The van der Waals surface area contributed by atoms with Crippen molar-refractivity contribution >= 4 is 28.6 Å². The number of nitrogens with one attached hydrogen (secondary N) is 3. The first kappa shape index (κ1) is 14.9. The molecule has 1 aliphatic carbocycles. The molecule has 26 heavy (non-hydrogen) atoms. The average Bonchev–Trinajstić information content (AvgIpc) is 3.36. The zero-order chi connectivity index (χ0) is 17.5. The fraction of sp³-hybridized carbons (Fsp3) is 0.222. The maximum Gasteiger partial charge on any atom is 0.232 e. The number of hydrogen-bond acceptors (Lipinski definition) is 6. The van der Waals surface area contributed by atoms with E-state index in [4.69, 9.17) is 0 Å². The number of benzene rings is 1. The summed E-state index contributed by atoms with van der Waals surface area (Å²) in [6, 6.07) is 10.8. The molecule has 0 saturated carbocycles. The molecule has 0 fully saturated rings. The number of nitrogens with zero attached hydrogens (tertiary/aromatic N) is 5. The third-order valence-corrected chi connectivity index (χ3v) is 4.70. The minimum atomic E-state index is 0.253. The van der Waals surface area contributed by atoms with Crippen molar-refractivity contribution in [3.8, 4) is 0 Å². The number of H-pyrrole nitrogens is 1. The maximum atomic E-state index is 4.68. The van der Waals surface area contributed by atoms with Gasteiger partial charge in [-0.25, -0.2) is 0 Å². The smallest absolute Gasteiger partial charge is 0.232 e. The summed E-state index contributed by atoms with van der Waals surface area (Å²) in [5.74, 6) is 1.90. The van der Waals surface area contributed by atoms with Gasteiger partial charge in [0.1, 0.15) is 11.5 Å². The summed E-state index contributed by atoms with van der Waals surface area (Å²) in [6.45, 7) is 0. The molecule has 0 aliphatic heterocycles. The monoisotopic (exact) mass is 346 g/mol. The highest BCUT2D eigenvalue weighted by Gasteiger charge is 2.23. The van der Waals surface area contributed by atoms with E-state index in [2.05, 4.69) is 60.2 Å². The van der Waals surface area contributed by atoms with Crippen molar-refractivity contribution in [2.24, 2.45) is 7.05 Å². The quantitative estimate of drug-likeness (QED) is 0.526. The predicted molar refractivity (Wildman–Crippen MR) is 99.3 cm³/mol. The first-order valence-corrected chi connectivity index (χ1v) is 8.59. The van der Waals surface area contributed by atoms with Gasteiger partial charge in [-0.3, -0.25) is 4.68 Å². The van der Waals surface area contributed by atoms with E-state index in [-0.39, 0.29) is 6.04 Å². The molecule has 0 spiro atoms. The number of anilines is 3. The molecule has 3 aromatic heterocycles. The Morgan fingerprint density at radius 3 is 3.00 bits per heavy atom. The third-order valence-electron chi connectivity index (χ3n) is 4.70. The fourth-order valence-electron chi connectivity index (χ4n) is 3.50. The molecule has 0 radical (unpaired) electrons. The van der Waals surface area contributed by atoms with E-state index in [0.29, 0.717) is 11.8 Å². The summed E-state index contributed by atoms with van der Waals surface area (Å²) < 4.78 is 1.63. The van der Waals surface area contributed by atoms with Gasteiger partial charge in [-0.1, -0.05) is 29.5 Å². The summed E-state index contributed by atoms with van der Waals surface area (Å²) in [5, 5.41) is 15.6. The van der Waals surface area contributed by atoms with Crippen LogP contribution in [0.1, 0.15) is 23.6 Å². The lowest BCUT2D eigenvalue weighted by atomic mass is 10.1. The molecular weight excluding hydrogens is 328 g/mol. The summed E-state index contributed by atoms with van der Waals surface area (Å²) in [7, 11) is 1.82. The second kappa shape index (κ2) is 5.83. The summed E-state index contributed by atoms with van der Waals surface area (Å²) in [4.78, 5) is 12.4. The Balaban J connectivity index is 1.50. The van der Waals surface area contributed by atoms with Gasteiger partial charge in [0.15, 0.2) is 5.82 Å². The SMILES string of the molecule is Cn1cc(Nc2nc(N[C@H]3CCc4ccccc43)c3cc[nH]c3n2)nn1. The van der Waals surface area contributed by atoms with Gasteiger partial charge in [-0.2, -0.15) is 9.97 Å². The largest absolute Gasteiger partial charge is 0.363 e. The van der Waals surface area contributed by atoms with Gasteiger partial charge in [-0.05, 0) is 30.0 Å². The molecule has 0 bridgehead atoms. The molecule has 1 aromatic carbocycles. The van der Waals surface area contributed by atoms with Crippen molar-refractivity contribution in [1.29, 1.82) is 0 Å². The summed E-state index contributed by atoms with van der Waals surface area (Å²) >= 11 is 0. The molecule has 0 unspecified atom stereocenters. The van der Waals surface area contributed by atoms with Gasteiger partial charge in [0.05, 0.1) is 17.6 Å². The second-order valence-corrected chi connectivity index (χ2v) is 6.47. The van der Waals surface area contributed by atoms with Crippen molar-refractivity contribution in [3.63, 3.8) is 0 Å². The van der Waals surface area contributed by atoms with Crippen LogP contribution in [0.15, 0.2) is 42.7 Å². The number of aryl methyl sites for hydroxylation is 2. The van der Waals surface area contributed by atoms with Crippen LogP contribution in [-0.2, 0) is 13.5 Å². The van der Waals surface area contributed by atoms with Gasteiger partial charge >= 0.3 is 0 Å².